The van der Waals surface area contributed by atoms with E-state index in [-0.39, 0.29) is 5.78 Å². The molecule has 0 aliphatic heterocycles. The van der Waals surface area contributed by atoms with Gasteiger partial charge in [-0.2, -0.15) is 0 Å². The summed E-state index contributed by atoms with van der Waals surface area (Å²) in [7, 11) is 1.69. The number of hydrogen-bond acceptors (Lipinski definition) is 2. The fraction of sp³-hybridized carbons (Fsp3) is 0.381. The molecule has 0 amide bonds. The van der Waals surface area contributed by atoms with Crippen LogP contribution in [0.2, 0.25) is 4.82 Å². The Morgan fingerprint density at radius 2 is 1.75 bits per heavy atom. The summed E-state index contributed by atoms with van der Waals surface area (Å²) >= 11 is 0.468. The molecule has 126 valence electrons. The van der Waals surface area contributed by atoms with Gasteiger partial charge in [-0.05, 0) is 0 Å². The Hall–Kier alpha value is -1.57. The second-order valence-corrected chi connectivity index (χ2v) is 9.46. The number of ether oxygens (including phenoxy) is 1. The molecule has 1 fully saturated rings. The first-order valence-corrected chi connectivity index (χ1v) is 10.6. The van der Waals surface area contributed by atoms with E-state index >= 15 is 0 Å². The predicted molar refractivity (Wildman–Crippen MR) is 99.1 cm³/mol. The van der Waals surface area contributed by atoms with Gasteiger partial charge >= 0.3 is 151 Å². The predicted octanol–water partition coefficient (Wildman–Crippen LogP) is 5.08. The summed E-state index contributed by atoms with van der Waals surface area (Å²) in [6, 6.07) is 18.0. The van der Waals surface area contributed by atoms with Crippen molar-refractivity contribution in [1.29, 1.82) is 0 Å². The summed E-state index contributed by atoms with van der Waals surface area (Å²) in [5, 5.41) is 0. The van der Waals surface area contributed by atoms with Crippen LogP contribution in [-0.2, 0) is 0 Å². The van der Waals surface area contributed by atoms with Gasteiger partial charge < -0.3 is 0 Å². The Bertz CT molecular complexity index is 645. The summed E-state index contributed by atoms with van der Waals surface area (Å²) in [5.41, 5.74) is 2.12. The van der Waals surface area contributed by atoms with Gasteiger partial charge in [0, 0.05) is 0 Å². The van der Waals surface area contributed by atoms with Gasteiger partial charge in [-0.3, -0.25) is 0 Å². The van der Waals surface area contributed by atoms with Gasteiger partial charge in [0.2, 0.25) is 0 Å². The van der Waals surface area contributed by atoms with E-state index in [0.29, 0.717) is 26.2 Å². The normalized spacial score (nSPS) is 16.0. The summed E-state index contributed by atoms with van der Waals surface area (Å²) in [5.74, 6) is 1.14. The SMILES string of the molecule is COc1ccc(C(CC(=O)c2ccccc2)[Se]C2CCCC2)cc1. The third kappa shape index (κ3) is 4.49. The molecule has 0 aromatic heterocycles. The molecule has 0 heterocycles. The molecular weight excluding hydrogens is 363 g/mol. The molecule has 1 saturated carbocycles. The van der Waals surface area contributed by atoms with Crippen molar-refractivity contribution >= 4 is 20.7 Å². The first-order valence-electron chi connectivity index (χ1n) is 8.64. The average molecular weight is 387 g/mol. The molecule has 0 N–H and O–H groups in total. The van der Waals surface area contributed by atoms with Gasteiger partial charge in [0.25, 0.3) is 0 Å². The number of benzene rings is 2. The van der Waals surface area contributed by atoms with E-state index in [1.807, 2.05) is 42.5 Å². The fourth-order valence-electron chi connectivity index (χ4n) is 3.23. The van der Waals surface area contributed by atoms with E-state index in [1.165, 1.54) is 31.2 Å². The molecule has 1 aliphatic carbocycles. The van der Waals surface area contributed by atoms with Crippen LogP contribution in [-0.4, -0.2) is 27.8 Å². The van der Waals surface area contributed by atoms with E-state index in [1.54, 1.807) is 7.11 Å². The summed E-state index contributed by atoms with van der Waals surface area (Å²) in [4.78, 5) is 13.9. The molecule has 0 radical (unpaired) electrons. The molecule has 1 unspecified atom stereocenters. The van der Waals surface area contributed by atoms with Crippen molar-refractivity contribution < 1.29 is 9.53 Å². The fourth-order valence-corrected chi connectivity index (χ4v) is 6.65. The van der Waals surface area contributed by atoms with Crippen LogP contribution in [0, 0.1) is 0 Å². The van der Waals surface area contributed by atoms with Crippen LogP contribution in [0.1, 0.15) is 52.8 Å². The number of ketones is 1. The van der Waals surface area contributed by atoms with Gasteiger partial charge in [0.1, 0.15) is 0 Å². The Labute approximate surface area is 150 Å². The quantitative estimate of drug-likeness (QED) is 0.489. The second kappa shape index (κ2) is 8.50. The van der Waals surface area contributed by atoms with Crippen molar-refractivity contribution in [3.63, 3.8) is 0 Å². The molecule has 0 spiro atoms. The topological polar surface area (TPSA) is 26.3 Å². The zero-order valence-electron chi connectivity index (χ0n) is 14.1. The number of rotatable bonds is 7. The molecule has 3 heteroatoms. The molecule has 1 aliphatic rings. The molecule has 0 saturated heterocycles. The zero-order valence-corrected chi connectivity index (χ0v) is 15.8. The van der Waals surface area contributed by atoms with Gasteiger partial charge in [-0.25, -0.2) is 0 Å². The van der Waals surface area contributed by atoms with E-state index in [9.17, 15) is 4.79 Å². The molecule has 2 nitrogen and oxygen atoms in total. The Balaban J connectivity index is 1.76. The maximum absolute atomic E-state index is 12.7. The van der Waals surface area contributed by atoms with Gasteiger partial charge in [-0.1, -0.05) is 0 Å². The van der Waals surface area contributed by atoms with Crippen LogP contribution < -0.4 is 4.74 Å². The van der Waals surface area contributed by atoms with E-state index < -0.39 is 0 Å². The molecule has 1 atom stereocenters. The van der Waals surface area contributed by atoms with Crippen molar-refractivity contribution in [3.05, 3.63) is 65.7 Å². The summed E-state index contributed by atoms with van der Waals surface area (Å²) in [6.07, 6.45) is 6.01. The molecule has 2 aromatic carbocycles. The number of Topliss-reactive ketones (excluding diaryl/α,β-unsaturated/α-hetero) is 1. The van der Waals surface area contributed by atoms with Crippen LogP contribution in [0.4, 0.5) is 0 Å². The van der Waals surface area contributed by atoms with Crippen LogP contribution in [0.15, 0.2) is 54.6 Å². The minimum absolute atomic E-state index is 0.260. The molecule has 0 bridgehead atoms. The summed E-state index contributed by atoms with van der Waals surface area (Å²) in [6.45, 7) is 0. The molecule has 3 rings (SSSR count). The van der Waals surface area contributed by atoms with Gasteiger partial charge in [0.05, 0.1) is 0 Å². The van der Waals surface area contributed by atoms with Crippen LogP contribution in [0.5, 0.6) is 5.75 Å². The van der Waals surface area contributed by atoms with Crippen molar-refractivity contribution in [2.24, 2.45) is 0 Å². The number of methoxy groups -OCH3 is 1. The Morgan fingerprint density at radius 1 is 1.08 bits per heavy atom. The first kappa shape index (κ1) is 17.3. The number of carbonyl (C=O) groups is 1. The molecule has 2 aromatic rings. The van der Waals surface area contributed by atoms with Gasteiger partial charge in [-0.15, -0.1) is 0 Å². The van der Waals surface area contributed by atoms with Gasteiger partial charge in [0.15, 0.2) is 0 Å². The van der Waals surface area contributed by atoms with E-state index in [4.69, 9.17) is 4.74 Å². The maximum atomic E-state index is 12.7. The van der Waals surface area contributed by atoms with Crippen LogP contribution >= 0.6 is 0 Å². The monoisotopic (exact) mass is 388 g/mol. The number of carbonyl (C=O) groups excluding carboxylic acids is 1. The first-order chi connectivity index (χ1) is 11.8. The van der Waals surface area contributed by atoms with Crippen molar-refractivity contribution in [3.8, 4) is 5.75 Å². The third-order valence-electron chi connectivity index (χ3n) is 4.61. The van der Waals surface area contributed by atoms with Crippen molar-refractivity contribution in [2.45, 2.75) is 41.7 Å². The standard InChI is InChI=1S/C21H24O2Se/c1-23-18-13-11-17(12-14-18)21(24-19-9-5-6-10-19)15-20(22)16-7-3-2-4-8-16/h2-4,7-8,11-14,19,21H,5-6,9-10,15H2,1H3. The van der Waals surface area contributed by atoms with Crippen LogP contribution in [0.25, 0.3) is 0 Å². The Kier molecular flexibility index (Phi) is 6.12. The van der Waals surface area contributed by atoms with E-state index in [2.05, 4.69) is 12.1 Å². The van der Waals surface area contributed by atoms with Crippen LogP contribution in [0.3, 0.4) is 0 Å². The second-order valence-electron chi connectivity index (χ2n) is 6.30. The summed E-state index contributed by atoms with van der Waals surface area (Å²) < 4.78 is 5.27. The van der Waals surface area contributed by atoms with Crippen molar-refractivity contribution in [2.75, 3.05) is 7.11 Å². The number of hydrogen-bond donors (Lipinski definition) is 0. The Morgan fingerprint density at radius 3 is 2.38 bits per heavy atom. The molecule has 24 heavy (non-hydrogen) atoms. The van der Waals surface area contributed by atoms with Crippen molar-refractivity contribution in [1.82, 2.24) is 0 Å². The zero-order chi connectivity index (χ0) is 16.8. The third-order valence-corrected chi connectivity index (χ3v) is 8.02. The average Bonchev–Trinajstić information content (AvgIpc) is 3.15. The van der Waals surface area contributed by atoms with E-state index in [0.717, 1.165) is 16.1 Å². The molecular formula is C21H24O2Se. The minimum atomic E-state index is 0.260.